The monoisotopic (exact) mass is 359 g/mol. The van der Waals surface area contributed by atoms with Gasteiger partial charge in [-0.05, 0) is 30.7 Å². The van der Waals surface area contributed by atoms with Gasteiger partial charge in [0.2, 0.25) is 0 Å². The fourth-order valence-electron chi connectivity index (χ4n) is 1.93. The van der Waals surface area contributed by atoms with Gasteiger partial charge in [-0.1, -0.05) is 11.6 Å². The van der Waals surface area contributed by atoms with Crippen molar-refractivity contribution >= 4 is 27.3 Å². The molecule has 0 aromatic heterocycles. The van der Waals surface area contributed by atoms with Crippen LogP contribution < -0.4 is 14.2 Å². The van der Waals surface area contributed by atoms with Crippen molar-refractivity contribution < 1.29 is 22.3 Å². The topological polar surface area (TPSA) is 64.6 Å². The van der Waals surface area contributed by atoms with E-state index in [9.17, 15) is 12.8 Å². The van der Waals surface area contributed by atoms with Crippen LogP contribution >= 0.6 is 11.6 Å². The number of rotatable bonds is 5. The molecule has 2 aromatic carbocycles. The molecule has 0 spiro atoms. The van der Waals surface area contributed by atoms with Gasteiger partial charge >= 0.3 is 0 Å². The predicted molar refractivity (Wildman–Crippen MR) is 86.5 cm³/mol. The van der Waals surface area contributed by atoms with Gasteiger partial charge in [0, 0.05) is 12.1 Å². The molecule has 0 saturated carbocycles. The van der Waals surface area contributed by atoms with Crippen LogP contribution in [0.1, 0.15) is 5.56 Å². The maximum atomic E-state index is 13.3. The number of anilines is 1. The Balaban J connectivity index is 2.46. The summed E-state index contributed by atoms with van der Waals surface area (Å²) in [6.45, 7) is 1.49. The molecule has 0 atom stereocenters. The zero-order valence-corrected chi connectivity index (χ0v) is 14.3. The van der Waals surface area contributed by atoms with Crippen molar-refractivity contribution in [3.8, 4) is 11.5 Å². The second kappa shape index (κ2) is 6.64. The van der Waals surface area contributed by atoms with Crippen molar-refractivity contribution in [2.75, 3.05) is 18.9 Å². The quantitative estimate of drug-likeness (QED) is 0.885. The second-order valence-electron chi connectivity index (χ2n) is 4.70. The highest BCUT2D eigenvalue weighted by Gasteiger charge is 2.19. The summed E-state index contributed by atoms with van der Waals surface area (Å²) >= 11 is 5.98. The summed E-state index contributed by atoms with van der Waals surface area (Å²) < 4.78 is 50.8. The van der Waals surface area contributed by atoms with Crippen LogP contribution in [0.4, 0.5) is 10.1 Å². The average molecular weight is 360 g/mol. The normalized spacial score (nSPS) is 11.2. The SMILES string of the molecule is COc1cc(NS(=O)(=O)c2ccc(F)c(C)c2)c(OC)cc1Cl. The Morgan fingerprint density at radius 1 is 1.09 bits per heavy atom. The number of halogens is 2. The van der Waals surface area contributed by atoms with Crippen LogP contribution in [0, 0.1) is 12.7 Å². The van der Waals surface area contributed by atoms with Crippen LogP contribution in [0.5, 0.6) is 11.5 Å². The van der Waals surface area contributed by atoms with E-state index in [4.69, 9.17) is 21.1 Å². The number of benzene rings is 2. The van der Waals surface area contributed by atoms with Crippen molar-refractivity contribution in [3.63, 3.8) is 0 Å². The molecule has 5 nitrogen and oxygen atoms in total. The van der Waals surface area contributed by atoms with Crippen LogP contribution in [0.3, 0.4) is 0 Å². The molecule has 124 valence electrons. The van der Waals surface area contributed by atoms with Gasteiger partial charge in [-0.15, -0.1) is 0 Å². The Labute approximate surface area is 139 Å². The molecule has 1 N–H and O–H groups in total. The van der Waals surface area contributed by atoms with E-state index in [2.05, 4.69) is 4.72 Å². The van der Waals surface area contributed by atoms with E-state index in [-0.39, 0.29) is 26.9 Å². The molecule has 0 unspecified atom stereocenters. The number of hydrogen-bond donors (Lipinski definition) is 1. The highest BCUT2D eigenvalue weighted by molar-refractivity contribution is 7.92. The second-order valence-corrected chi connectivity index (χ2v) is 6.79. The first-order valence-corrected chi connectivity index (χ1v) is 8.35. The molecule has 23 heavy (non-hydrogen) atoms. The molecule has 0 aliphatic carbocycles. The number of methoxy groups -OCH3 is 2. The average Bonchev–Trinajstić information content (AvgIpc) is 2.50. The van der Waals surface area contributed by atoms with Gasteiger partial charge < -0.3 is 9.47 Å². The number of aryl methyl sites for hydroxylation is 1. The van der Waals surface area contributed by atoms with Crippen LogP contribution in [-0.2, 0) is 10.0 Å². The Morgan fingerprint density at radius 2 is 1.74 bits per heavy atom. The van der Waals surface area contributed by atoms with Crippen molar-refractivity contribution in [1.82, 2.24) is 0 Å². The summed E-state index contributed by atoms with van der Waals surface area (Å²) in [6, 6.07) is 6.38. The first-order valence-electron chi connectivity index (χ1n) is 6.49. The van der Waals surface area contributed by atoms with Crippen molar-refractivity contribution in [1.29, 1.82) is 0 Å². The Bertz CT molecular complexity index is 840. The minimum Gasteiger partial charge on any atom is -0.495 e. The molecule has 0 radical (unpaired) electrons. The molecule has 0 saturated heterocycles. The molecular formula is C15H15ClFNO4S. The standard InChI is InChI=1S/C15H15ClFNO4S/c1-9-6-10(4-5-12(9)17)23(19,20)18-13-8-14(21-2)11(16)7-15(13)22-3/h4-8,18H,1-3H3. The summed E-state index contributed by atoms with van der Waals surface area (Å²) in [7, 11) is -1.12. The van der Waals surface area contributed by atoms with E-state index in [1.165, 1.54) is 45.4 Å². The molecular weight excluding hydrogens is 345 g/mol. The van der Waals surface area contributed by atoms with Gasteiger partial charge in [0.05, 0.1) is 29.8 Å². The number of hydrogen-bond acceptors (Lipinski definition) is 4. The lowest BCUT2D eigenvalue weighted by molar-refractivity contribution is 0.405. The van der Waals surface area contributed by atoms with Crippen molar-refractivity contribution in [2.45, 2.75) is 11.8 Å². The molecule has 0 aliphatic heterocycles. The molecule has 2 rings (SSSR count). The van der Waals surface area contributed by atoms with Gasteiger partial charge in [0.25, 0.3) is 10.0 Å². The molecule has 0 aliphatic rings. The number of nitrogens with one attached hydrogen (secondary N) is 1. The lowest BCUT2D eigenvalue weighted by Gasteiger charge is -2.14. The highest BCUT2D eigenvalue weighted by Crippen LogP contribution is 2.36. The third-order valence-electron chi connectivity index (χ3n) is 3.16. The highest BCUT2D eigenvalue weighted by atomic mass is 35.5. The lowest BCUT2D eigenvalue weighted by atomic mass is 10.2. The van der Waals surface area contributed by atoms with Gasteiger partial charge in [-0.2, -0.15) is 0 Å². The van der Waals surface area contributed by atoms with Crippen LogP contribution in [0.2, 0.25) is 5.02 Å². The van der Waals surface area contributed by atoms with E-state index in [0.717, 1.165) is 6.07 Å². The first kappa shape index (κ1) is 17.4. The summed E-state index contributed by atoms with van der Waals surface area (Å²) in [5, 5.41) is 0.282. The fraction of sp³-hybridized carbons (Fsp3) is 0.200. The third kappa shape index (κ3) is 3.68. The molecule has 0 bridgehead atoms. The van der Waals surface area contributed by atoms with Crippen LogP contribution in [-0.4, -0.2) is 22.6 Å². The summed E-state index contributed by atoms with van der Waals surface area (Å²) in [6.07, 6.45) is 0. The van der Waals surface area contributed by atoms with E-state index in [1.807, 2.05) is 0 Å². The molecule has 0 heterocycles. The smallest absolute Gasteiger partial charge is 0.262 e. The zero-order chi connectivity index (χ0) is 17.2. The van der Waals surface area contributed by atoms with Gasteiger partial charge in [-0.3, -0.25) is 4.72 Å². The number of sulfonamides is 1. The molecule has 2 aromatic rings. The van der Waals surface area contributed by atoms with Gasteiger partial charge in [0.15, 0.2) is 0 Å². The molecule has 0 amide bonds. The van der Waals surface area contributed by atoms with E-state index in [1.54, 1.807) is 0 Å². The van der Waals surface area contributed by atoms with Gasteiger partial charge in [-0.25, -0.2) is 12.8 Å². The summed E-state index contributed by atoms with van der Waals surface area (Å²) in [4.78, 5) is -0.0626. The third-order valence-corrected chi connectivity index (χ3v) is 4.82. The minimum atomic E-state index is -3.92. The maximum absolute atomic E-state index is 13.3. The molecule has 0 fully saturated rings. The van der Waals surface area contributed by atoms with Crippen molar-refractivity contribution in [3.05, 3.63) is 46.7 Å². The largest absolute Gasteiger partial charge is 0.495 e. The summed E-state index contributed by atoms with van der Waals surface area (Å²) in [5.41, 5.74) is 0.393. The zero-order valence-electron chi connectivity index (χ0n) is 12.7. The predicted octanol–water partition coefficient (Wildman–Crippen LogP) is 3.61. The van der Waals surface area contributed by atoms with E-state index >= 15 is 0 Å². The van der Waals surface area contributed by atoms with Crippen LogP contribution in [0.15, 0.2) is 35.2 Å². The Kier molecular flexibility index (Phi) is 5.01. The minimum absolute atomic E-state index is 0.0626. The fourth-order valence-corrected chi connectivity index (χ4v) is 3.31. The van der Waals surface area contributed by atoms with E-state index in [0.29, 0.717) is 5.75 Å². The van der Waals surface area contributed by atoms with E-state index < -0.39 is 15.8 Å². The Hall–Kier alpha value is -1.99. The van der Waals surface area contributed by atoms with Crippen molar-refractivity contribution in [2.24, 2.45) is 0 Å². The Morgan fingerprint density at radius 3 is 2.30 bits per heavy atom. The molecule has 8 heteroatoms. The van der Waals surface area contributed by atoms with Gasteiger partial charge in [0.1, 0.15) is 17.3 Å². The summed E-state index contributed by atoms with van der Waals surface area (Å²) in [5.74, 6) is 0.0494. The van der Waals surface area contributed by atoms with Crippen LogP contribution in [0.25, 0.3) is 0 Å². The lowest BCUT2D eigenvalue weighted by Crippen LogP contribution is -2.14. The number of ether oxygens (including phenoxy) is 2. The first-order chi connectivity index (χ1) is 10.8. The maximum Gasteiger partial charge on any atom is 0.262 e.